The van der Waals surface area contributed by atoms with Crippen LogP contribution in [-0.4, -0.2) is 9.55 Å². The standard InChI is InChI=1S/C14H10Br2ClFN2S/c15-9-5-11-12(6-10(9)18)20(14(7-17)19-11)4-3-8-1-2-13(16)21-8/h1-2,5-6H,3-4,7H2. The first-order chi connectivity index (χ1) is 10.1. The molecule has 0 spiro atoms. The number of benzene rings is 1. The van der Waals surface area contributed by atoms with Gasteiger partial charge in [-0.25, -0.2) is 9.37 Å². The van der Waals surface area contributed by atoms with Crippen molar-refractivity contribution in [3.63, 3.8) is 0 Å². The molecule has 0 aliphatic heterocycles. The summed E-state index contributed by atoms with van der Waals surface area (Å²) >= 11 is 14.3. The Labute approximate surface area is 147 Å². The zero-order chi connectivity index (χ0) is 15.0. The molecule has 0 amide bonds. The van der Waals surface area contributed by atoms with Crippen LogP contribution in [0.4, 0.5) is 4.39 Å². The van der Waals surface area contributed by atoms with Gasteiger partial charge >= 0.3 is 0 Å². The van der Waals surface area contributed by atoms with Crippen LogP contribution < -0.4 is 0 Å². The third kappa shape index (κ3) is 3.18. The lowest BCUT2D eigenvalue weighted by molar-refractivity contribution is 0.620. The van der Waals surface area contributed by atoms with Crippen LogP contribution in [-0.2, 0) is 18.8 Å². The number of aryl methyl sites for hydroxylation is 2. The van der Waals surface area contributed by atoms with E-state index in [1.54, 1.807) is 17.4 Å². The summed E-state index contributed by atoms with van der Waals surface area (Å²) in [5.41, 5.74) is 1.54. The van der Waals surface area contributed by atoms with Gasteiger partial charge in [-0.1, -0.05) is 0 Å². The monoisotopic (exact) mass is 450 g/mol. The molecule has 2 aromatic heterocycles. The van der Waals surface area contributed by atoms with Crippen LogP contribution in [0.2, 0.25) is 0 Å². The van der Waals surface area contributed by atoms with Crippen molar-refractivity contribution in [3.05, 3.63) is 49.0 Å². The predicted molar refractivity (Wildman–Crippen MR) is 92.7 cm³/mol. The average molecular weight is 453 g/mol. The largest absolute Gasteiger partial charge is 0.327 e. The highest BCUT2D eigenvalue weighted by Gasteiger charge is 2.13. The number of nitrogens with zero attached hydrogens (tertiary/aromatic N) is 2. The molecule has 0 radical (unpaired) electrons. The van der Waals surface area contributed by atoms with Gasteiger partial charge in [0.25, 0.3) is 0 Å². The van der Waals surface area contributed by atoms with Crippen LogP contribution in [0.1, 0.15) is 10.7 Å². The first-order valence-corrected chi connectivity index (χ1v) is 9.16. The molecule has 0 unspecified atom stereocenters. The van der Waals surface area contributed by atoms with Crippen LogP contribution in [0.5, 0.6) is 0 Å². The van der Waals surface area contributed by atoms with E-state index in [1.807, 2.05) is 10.6 Å². The Morgan fingerprint density at radius 3 is 2.76 bits per heavy atom. The summed E-state index contributed by atoms with van der Waals surface area (Å²) in [4.78, 5) is 5.74. The van der Waals surface area contributed by atoms with E-state index >= 15 is 0 Å². The van der Waals surface area contributed by atoms with Gasteiger partial charge in [0.15, 0.2) is 0 Å². The first kappa shape index (κ1) is 15.5. The molecule has 2 heterocycles. The molecule has 0 bridgehead atoms. The molecular formula is C14H10Br2ClFN2S. The Morgan fingerprint density at radius 2 is 2.10 bits per heavy atom. The van der Waals surface area contributed by atoms with E-state index in [4.69, 9.17) is 11.6 Å². The molecule has 2 nitrogen and oxygen atoms in total. The number of rotatable bonds is 4. The van der Waals surface area contributed by atoms with Crippen molar-refractivity contribution in [2.24, 2.45) is 0 Å². The number of alkyl halides is 1. The maximum atomic E-state index is 13.8. The molecule has 0 aliphatic rings. The predicted octanol–water partition coefficient (Wildman–Crippen LogP) is 5.74. The van der Waals surface area contributed by atoms with E-state index in [2.05, 4.69) is 42.9 Å². The number of halogens is 4. The number of imidazole rings is 1. The maximum Gasteiger partial charge on any atom is 0.139 e. The second-order valence-corrected chi connectivity index (χ2v) is 8.19. The van der Waals surface area contributed by atoms with Gasteiger partial charge in [0.05, 0.1) is 25.2 Å². The van der Waals surface area contributed by atoms with Gasteiger partial charge in [-0.3, -0.25) is 0 Å². The van der Waals surface area contributed by atoms with Gasteiger partial charge in [-0.2, -0.15) is 0 Å². The minimum absolute atomic E-state index is 0.288. The number of hydrogen-bond acceptors (Lipinski definition) is 2. The molecule has 3 aromatic rings. The van der Waals surface area contributed by atoms with Crippen molar-refractivity contribution >= 4 is 65.8 Å². The van der Waals surface area contributed by atoms with Gasteiger partial charge in [0.1, 0.15) is 11.6 Å². The van der Waals surface area contributed by atoms with E-state index in [1.165, 1.54) is 10.9 Å². The summed E-state index contributed by atoms with van der Waals surface area (Å²) in [6.45, 7) is 0.729. The molecule has 1 aromatic carbocycles. The molecule has 21 heavy (non-hydrogen) atoms. The zero-order valence-electron chi connectivity index (χ0n) is 10.7. The maximum absolute atomic E-state index is 13.8. The number of hydrogen-bond donors (Lipinski definition) is 0. The third-order valence-electron chi connectivity index (χ3n) is 3.20. The summed E-state index contributed by atoms with van der Waals surface area (Å²) in [7, 11) is 0. The van der Waals surface area contributed by atoms with Gasteiger partial charge in [-0.15, -0.1) is 22.9 Å². The SMILES string of the molecule is Fc1cc2c(cc1Br)nc(CCl)n2CCc1ccc(Br)s1. The molecule has 0 saturated carbocycles. The summed E-state index contributed by atoms with van der Waals surface area (Å²) < 4.78 is 17.3. The normalized spacial score (nSPS) is 11.4. The zero-order valence-corrected chi connectivity index (χ0v) is 15.5. The lowest BCUT2D eigenvalue weighted by Crippen LogP contribution is -2.04. The fraction of sp³-hybridized carbons (Fsp3) is 0.214. The van der Waals surface area contributed by atoms with Crippen LogP contribution in [0, 0.1) is 5.82 Å². The summed E-state index contributed by atoms with van der Waals surface area (Å²) in [6, 6.07) is 7.32. The van der Waals surface area contributed by atoms with E-state index in [-0.39, 0.29) is 5.82 Å². The van der Waals surface area contributed by atoms with E-state index in [9.17, 15) is 4.39 Å². The minimum atomic E-state index is -0.288. The molecule has 0 N–H and O–H groups in total. The molecule has 0 fully saturated rings. The van der Waals surface area contributed by atoms with Crippen molar-refractivity contribution in [1.29, 1.82) is 0 Å². The topological polar surface area (TPSA) is 17.8 Å². The third-order valence-corrected chi connectivity index (χ3v) is 5.73. The van der Waals surface area contributed by atoms with Gasteiger partial charge in [0, 0.05) is 17.5 Å². The van der Waals surface area contributed by atoms with Gasteiger partial charge in [0.2, 0.25) is 0 Å². The number of thiophene rings is 1. The fourth-order valence-corrected chi connectivity index (χ4v) is 4.24. The summed E-state index contributed by atoms with van der Waals surface area (Å²) in [5.74, 6) is 0.783. The van der Waals surface area contributed by atoms with Crippen LogP contribution >= 0.6 is 54.8 Å². The lowest BCUT2D eigenvalue weighted by Gasteiger charge is -2.07. The Hall–Kier alpha value is -0.430. The molecule has 3 rings (SSSR count). The highest BCUT2D eigenvalue weighted by molar-refractivity contribution is 9.11. The number of fused-ring (bicyclic) bond motifs is 1. The first-order valence-electron chi connectivity index (χ1n) is 6.23. The van der Waals surface area contributed by atoms with E-state index in [0.717, 1.165) is 33.6 Å². The molecule has 0 saturated heterocycles. The Kier molecular flexibility index (Phi) is 4.69. The van der Waals surface area contributed by atoms with Gasteiger partial charge < -0.3 is 4.57 Å². The molecular weight excluding hydrogens is 442 g/mol. The minimum Gasteiger partial charge on any atom is -0.327 e. The quantitative estimate of drug-likeness (QED) is 0.462. The van der Waals surface area contributed by atoms with Crippen molar-refractivity contribution in [1.82, 2.24) is 9.55 Å². The van der Waals surface area contributed by atoms with Crippen LogP contribution in [0.25, 0.3) is 11.0 Å². The summed E-state index contributed by atoms with van der Waals surface area (Å²) in [5, 5.41) is 0. The van der Waals surface area contributed by atoms with Gasteiger partial charge in [-0.05, 0) is 56.5 Å². The van der Waals surface area contributed by atoms with Crippen molar-refractivity contribution in [2.45, 2.75) is 18.8 Å². The van der Waals surface area contributed by atoms with Crippen molar-refractivity contribution < 1.29 is 4.39 Å². The molecule has 0 aliphatic carbocycles. The van der Waals surface area contributed by atoms with Crippen LogP contribution in [0.15, 0.2) is 32.5 Å². The highest BCUT2D eigenvalue weighted by Crippen LogP contribution is 2.27. The van der Waals surface area contributed by atoms with Crippen molar-refractivity contribution in [2.75, 3.05) is 0 Å². The van der Waals surface area contributed by atoms with E-state index < -0.39 is 0 Å². The fourth-order valence-electron chi connectivity index (χ4n) is 2.23. The smallest absolute Gasteiger partial charge is 0.139 e. The second kappa shape index (κ2) is 6.36. The highest BCUT2D eigenvalue weighted by atomic mass is 79.9. The number of aromatic nitrogens is 2. The Morgan fingerprint density at radius 1 is 1.29 bits per heavy atom. The molecule has 7 heteroatoms. The Balaban J connectivity index is 1.97. The second-order valence-electron chi connectivity index (χ2n) is 4.52. The average Bonchev–Trinajstić information content (AvgIpc) is 3.01. The van der Waals surface area contributed by atoms with Crippen LogP contribution in [0.3, 0.4) is 0 Å². The Bertz CT molecular complexity index is 800. The lowest BCUT2D eigenvalue weighted by atomic mass is 10.3. The van der Waals surface area contributed by atoms with E-state index in [0.29, 0.717) is 10.4 Å². The summed E-state index contributed by atoms with van der Waals surface area (Å²) in [6.07, 6.45) is 0.864. The molecule has 0 atom stereocenters. The van der Waals surface area contributed by atoms with Crippen molar-refractivity contribution in [3.8, 4) is 0 Å². The molecule has 110 valence electrons.